The number of carbonyl (C=O) groups is 2. The molecule has 0 aromatic carbocycles. The summed E-state index contributed by atoms with van der Waals surface area (Å²) in [6, 6.07) is -0.409. The number of hydrogen-bond donors (Lipinski definition) is 3. The minimum absolute atomic E-state index is 0.0398. The number of hydrogen-bond acceptors (Lipinski definition) is 4. The third kappa shape index (κ3) is 13.1. The molecule has 0 heterocycles. The van der Waals surface area contributed by atoms with E-state index < -0.39 is 6.04 Å². The molecule has 0 aliphatic rings. The predicted octanol–water partition coefficient (Wildman–Crippen LogP) is 0.954. The largest absolute Gasteiger partial charge is 0.347 e. The Bertz CT molecular complexity index is 199. The standard InChI is InChI=1S/C12H24N2O2.CH5N/c1-2-3-4-5-6-7-12(16)14-11(10-15)8-9-13;1-2/h10-11H,2-9,13H2,1H3,(H,14,16);2H2,1H3. The molecule has 1 atom stereocenters. The SMILES string of the molecule is CCCCCCCC(=O)NC(C=O)CCN.CN. The van der Waals surface area contributed by atoms with E-state index in [2.05, 4.69) is 18.0 Å². The molecule has 0 fully saturated rings. The van der Waals surface area contributed by atoms with Crippen molar-refractivity contribution in [2.24, 2.45) is 11.5 Å². The first-order chi connectivity index (χ1) is 8.74. The molecule has 0 rings (SSSR count). The highest BCUT2D eigenvalue weighted by Crippen LogP contribution is 2.04. The molecule has 0 bridgehead atoms. The smallest absolute Gasteiger partial charge is 0.220 e. The van der Waals surface area contributed by atoms with Gasteiger partial charge in [0.1, 0.15) is 6.29 Å². The lowest BCUT2D eigenvalue weighted by Crippen LogP contribution is -2.37. The van der Waals surface area contributed by atoms with Gasteiger partial charge in [0.2, 0.25) is 5.91 Å². The lowest BCUT2D eigenvalue weighted by molar-refractivity contribution is -0.124. The predicted molar refractivity (Wildman–Crippen MR) is 75.2 cm³/mol. The molecular formula is C13H29N3O2. The maximum Gasteiger partial charge on any atom is 0.220 e. The minimum atomic E-state index is -0.409. The van der Waals surface area contributed by atoms with Crippen molar-refractivity contribution < 1.29 is 9.59 Å². The number of unbranched alkanes of at least 4 members (excludes halogenated alkanes) is 4. The van der Waals surface area contributed by atoms with Crippen LogP contribution in [0.5, 0.6) is 0 Å². The molecule has 0 aromatic heterocycles. The second kappa shape index (κ2) is 16.1. The van der Waals surface area contributed by atoms with Crippen LogP contribution < -0.4 is 16.8 Å². The molecule has 108 valence electrons. The summed E-state index contributed by atoms with van der Waals surface area (Å²) in [7, 11) is 1.50. The van der Waals surface area contributed by atoms with Gasteiger partial charge in [0.25, 0.3) is 0 Å². The lowest BCUT2D eigenvalue weighted by atomic mass is 10.1. The number of rotatable bonds is 10. The molecule has 18 heavy (non-hydrogen) atoms. The van der Waals surface area contributed by atoms with Crippen LogP contribution in [0, 0.1) is 0 Å². The van der Waals surface area contributed by atoms with Crippen molar-refractivity contribution in [1.29, 1.82) is 0 Å². The minimum Gasteiger partial charge on any atom is -0.347 e. The van der Waals surface area contributed by atoms with Crippen LogP contribution in [-0.4, -0.2) is 31.8 Å². The Morgan fingerprint density at radius 2 is 1.83 bits per heavy atom. The average molecular weight is 259 g/mol. The summed E-state index contributed by atoms with van der Waals surface area (Å²) in [4.78, 5) is 22.0. The third-order valence-corrected chi connectivity index (χ3v) is 2.50. The van der Waals surface area contributed by atoms with Gasteiger partial charge < -0.3 is 21.6 Å². The maximum atomic E-state index is 11.4. The van der Waals surface area contributed by atoms with Crippen LogP contribution in [0.1, 0.15) is 51.9 Å². The highest BCUT2D eigenvalue weighted by molar-refractivity contribution is 5.79. The van der Waals surface area contributed by atoms with Crippen LogP contribution in [0.3, 0.4) is 0 Å². The monoisotopic (exact) mass is 259 g/mol. The summed E-state index contributed by atoms with van der Waals surface area (Å²) < 4.78 is 0. The van der Waals surface area contributed by atoms with E-state index in [1.807, 2.05) is 0 Å². The first-order valence-corrected chi connectivity index (χ1v) is 6.77. The van der Waals surface area contributed by atoms with Crippen molar-refractivity contribution in [1.82, 2.24) is 5.32 Å². The Labute approximate surface area is 111 Å². The summed E-state index contributed by atoms with van der Waals surface area (Å²) in [5, 5.41) is 2.67. The fourth-order valence-electron chi connectivity index (χ4n) is 1.52. The molecule has 0 saturated heterocycles. The Morgan fingerprint density at radius 3 is 2.33 bits per heavy atom. The lowest BCUT2D eigenvalue weighted by Gasteiger charge is -2.11. The first kappa shape index (κ1) is 19.4. The number of nitrogens with one attached hydrogen (secondary N) is 1. The first-order valence-electron chi connectivity index (χ1n) is 6.77. The highest BCUT2D eigenvalue weighted by atomic mass is 16.2. The Morgan fingerprint density at radius 1 is 1.22 bits per heavy atom. The van der Waals surface area contributed by atoms with Crippen LogP contribution in [0.15, 0.2) is 0 Å². The fraction of sp³-hybridized carbons (Fsp3) is 0.846. The molecule has 0 saturated carbocycles. The van der Waals surface area contributed by atoms with Crippen LogP contribution >= 0.6 is 0 Å². The van der Waals surface area contributed by atoms with Gasteiger partial charge in [0, 0.05) is 6.42 Å². The van der Waals surface area contributed by atoms with Gasteiger partial charge in [-0.2, -0.15) is 0 Å². The van der Waals surface area contributed by atoms with E-state index in [0.717, 1.165) is 19.1 Å². The van der Waals surface area contributed by atoms with E-state index in [4.69, 9.17) is 5.73 Å². The third-order valence-electron chi connectivity index (χ3n) is 2.50. The average Bonchev–Trinajstić information content (AvgIpc) is 2.40. The summed E-state index contributed by atoms with van der Waals surface area (Å²) in [6.45, 7) is 2.58. The molecule has 0 aliphatic carbocycles. The van der Waals surface area contributed by atoms with E-state index >= 15 is 0 Å². The van der Waals surface area contributed by atoms with Crippen LogP contribution in [-0.2, 0) is 9.59 Å². The van der Waals surface area contributed by atoms with Crippen LogP contribution in [0.2, 0.25) is 0 Å². The Kier molecular flexibility index (Phi) is 17.3. The Balaban J connectivity index is 0. The summed E-state index contributed by atoms with van der Waals surface area (Å²) in [5.74, 6) is -0.0398. The second-order valence-electron chi connectivity index (χ2n) is 4.05. The number of nitrogens with two attached hydrogens (primary N) is 2. The van der Waals surface area contributed by atoms with Crippen molar-refractivity contribution in [3.05, 3.63) is 0 Å². The van der Waals surface area contributed by atoms with Gasteiger partial charge in [-0.15, -0.1) is 0 Å². The van der Waals surface area contributed by atoms with Crippen molar-refractivity contribution >= 4 is 12.2 Å². The van der Waals surface area contributed by atoms with Crippen molar-refractivity contribution in [2.75, 3.05) is 13.6 Å². The number of carbonyl (C=O) groups excluding carboxylic acids is 2. The quantitative estimate of drug-likeness (QED) is 0.402. The number of aldehydes is 1. The van der Waals surface area contributed by atoms with E-state index in [1.54, 1.807) is 0 Å². The molecular weight excluding hydrogens is 230 g/mol. The van der Waals surface area contributed by atoms with Crippen LogP contribution in [0.25, 0.3) is 0 Å². The van der Waals surface area contributed by atoms with Gasteiger partial charge >= 0.3 is 0 Å². The molecule has 5 nitrogen and oxygen atoms in total. The number of amides is 1. The molecule has 0 radical (unpaired) electrons. The molecule has 1 amide bonds. The zero-order valence-corrected chi connectivity index (χ0v) is 11.8. The maximum absolute atomic E-state index is 11.4. The topological polar surface area (TPSA) is 98.2 Å². The van der Waals surface area contributed by atoms with Crippen molar-refractivity contribution in [2.45, 2.75) is 57.9 Å². The zero-order chi connectivity index (χ0) is 14.2. The molecule has 1 unspecified atom stereocenters. The molecule has 0 aliphatic heterocycles. The van der Waals surface area contributed by atoms with Gasteiger partial charge in [-0.3, -0.25) is 4.79 Å². The van der Waals surface area contributed by atoms with Gasteiger partial charge in [0.15, 0.2) is 0 Å². The fourth-order valence-corrected chi connectivity index (χ4v) is 1.52. The van der Waals surface area contributed by atoms with Crippen molar-refractivity contribution in [3.63, 3.8) is 0 Å². The van der Waals surface area contributed by atoms with E-state index in [9.17, 15) is 9.59 Å². The zero-order valence-electron chi connectivity index (χ0n) is 11.8. The Hall–Kier alpha value is -0.940. The van der Waals surface area contributed by atoms with Crippen molar-refractivity contribution in [3.8, 4) is 0 Å². The highest BCUT2D eigenvalue weighted by Gasteiger charge is 2.09. The normalized spacial score (nSPS) is 11.1. The summed E-state index contributed by atoms with van der Waals surface area (Å²) in [5.41, 5.74) is 9.83. The van der Waals surface area contributed by atoms with Gasteiger partial charge in [-0.25, -0.2) is 0 Å². The molecule has 5 heteroatoms. The van der Waals surface area contributed by atoms with Gasteiger partial charge in [-0.1, -0.05) is 32.6 Å². The van der Waals surface area contributed by atoms with Gasteiger partial charge in [0.05, 0.1) is 6.04 Å². The van der Waals surface area contributed by atoms with E-state index in [0.29, 0.717) is 19.4 Å². The molecule has 0 spiro atoms. The second-order valence-corrected chi connectivity index (χ2v) is 4.05. The van der Waals surface area contributed by atoms with E-state index in [1.165, 1.54) is 26.3 Å². The molecule has 5 N–H and O–H groups in total. The molecule has 0 aromatic rings. The van der Waals surface area contributed by atoms with E-state index in [-0.39, 0.29) is 5.91 Å². The van der Waals surface area contributed by atoms with Crippen LogP contribution in [0.4, 0.5) is 0 Å². The summed E-state index contributed by atoms with van der Waals surface area (Å²) >= 11 is 0. The summed E-state index contributed by atoms with van der Waals surface area (Å²) in [6.07, 6.45) is 7.39. The van der Waals surface area contributed by atoms with Gasteiger partial charge in [-0.05, 0) is 26.4 Å².